The molecule has 0 amide bonds. The zero-order valence-corrected chi connectivity index (χ0v) is 13.0. The molecule has 0 bridgehead atoms. The van der Waals surface area contributed by atoms with E-state index in [1.54, 1.807) is 54.9 Å². The largest absolute Gasteiger partial charge is 0.426 e. The predicted molar refractivity (Wildman–Crippen MR) is 89.9 cm³/mol. The van der Waals surface area contributed by atoms with Gasteiger partial charge in [0.25, 0.3) is 5.69 Å². The van der Waals surface area contributed by atoms with E-state index in [1.807, 2.05) is 0 Å². The van der Waals surface area contributed by atoms with E-state index in [4.69, 9.17) is 4.74 Å². The molecule has 0 fully saturated rings. The van der Waals surface area contributed by atoms with Crippen molar-refractivity contribution < 1.29 is 14.5 Å². The maximum absolute atomic E-state index is 12.1. The Bertz CT molecular complexity index is 899. The first-order valence-electron chi connectivity index (χ1n) is 7.44. The summed E-state index contributed by atoms with van der Waals surface area (Å²) >= 11 is 0. The molecule has 0 atom stereocenters. The van der Waals surface area contributed by atoms with E-state index in [0.717, 1.165) is 0 Å². The molecule has 0 aliphatic rings. The van der Waals surface area contributed by atoms with Crippen LogP contribution in [0.15, 0.2) is 67.0 Å². The number of nitro groups is 1. The zero-order chi connectivity index (χ0) is 17.6. The van der Waals surface area contributed by atoms with Crippen LogP contribution >= 0.6 is 0 Å². The minimum atomic E-state index is -0.620. The molecule has 0 saturated carbocycles. The molecule has 3 aromatic rings. The average molecular weight is 335 g/mol. The lowest BCUT2D eigenvalue weighted by atomic mass is 10.1. The first-order valence-corrected chi connectivity index (χ1v) is 7.44. The second-order valence-electron chi connectivity index (χ2n) is 5.13. The highest BCUT2D eigenvalue weighted by molar-refractivity contribution is 5.76. The summed E-state index contributed by atoms with van der Waals surface area (Å²) in [6.45, 7) is 0. The van der Waals surface area contributed by atoms with E-state index in [9.17, 15) is 14.9 Å². The van der Waals surface area contributed by atoms with Crippen LogP contribution in [-0.4, -0.2) is 20.9 Å². The van der Waals surface area contributed by atoms with Crippen LogP contribution in [0.3, 0.4) is 0 Å². The molecule has 0 aliphatic carbocycles. The van der Waals surface area contributed by atoms with Gasteiger partial charge in [0.2, 0.25) is 0 Å². The average Bonchev–Trinajstić information content (AvgIpc) is 2.63. The smallest absolute Gasteiger partial charge is 0.317 e. The van der Waals surface area contributed by atoms with E-state index in [1.165, 1.54) is 12.1 Å². The summed E-state index contributed by atoms with van der Waals surface area (Å²) in [6, 6.07) is 14.9. The fourth-order valence-corrected chi connectivity index (χ4v) is 2.26. The second-order valence-corrected chi connectivity index (χ2v) is 5.13. The quantitative estimate of drug-likeness (QED) is 0.307. The van der Waals surface area contributed by atoms with Crippen LogP contribution < -0.4 is 4.74 Å². The molecule has 0 N–H and O–H groups in total. The normalized spacial score (nSPS) is 10.2. The van der Waals surface area contributed by atoms with E-state index in [0.29, 0.717) is 17.0 Å². The van der Waals surface area contributed by atoms with Crippen molar-refractivity contribution in [2.75, 3.05) is 0 Å². The van der Waals surface area contributed by atoms with Crippen molar-refractivity contribution in [1.29, 1.82) is 0 Å². The van der Waals surface area contributed by atoms with Crippen LogP contribution in [0.2, 0.25) is 0 Å². The molecule has 2 heterocycles. The van der Waals surface area contributed by atoms with Crippen molar-refractivity contribution in [2.24, 2.45) is 0 Å². The van der Waals surface area contributed by atoms with Crippen LogP contribution in [0.25, 0.3) is 11.3 Å². The number of nitrogens with zero attached hydrogens (tertiary/aromatic N) is 3. The van der Waals surface area contributed by atoms with Crippen LogP contribution in [0, 0.1) is 10.1 Å². The molecule has 0 aliphatic heterocycles. The van der Waals surface area contributed by atoms with Gasteiger partial charge in [-0.3, -0.25) is 19.9 Å². The molecule has 2 aromatic heterocycles. The summed E-state index contributed by atoms with van der Waals surface area (Å²) in [4.78, 5) is 31.0. The van der Waals surface area contributed by atoms with E-state index in [-0.39, 0.29) is 17.8 Å². The maximum atomic E-state index is 12.1. The van der Waals surface area contributed by atoms with Crippen LogP contribution in [0.4, 0.5) is 5.69 Å². The van der Waals surface area contributed by atoms with Gasteiger partial charge in [-0.1, -0.05) is 18.2 Å². The van der Waals surface area contributed by atoms with Gasteiger partial charge in [-0.25, -0.2) is 4.98 Å². The Morgan fingerprint density at radius 2 is 1.88 bits per heavy atom. The fourth-order valence-electron chi connectivity index (χ4n) is 2.26. The molecule has 0 unspecified atom stereocenters. The van der Waals surface area contributed by atoms with Crippen molar-refractivity contribution >= 4 is 11.7 Å². The summed E-state index contributed by atoms with van der Waals surface area (Å²) in [7, 11) is 0. The van der Waals surface area contributed by atoms with Crippen molar-refractivity contribution in [3.8, 4) is 17.0 Å². The van der Waals surface area contributed by atoms with Crippen molar-refractivity contribution in [3.05, 3.63) is 82.8 Å². The highest BCUT2D eigenvalue weighted by Crippen LogP contribution is 2.23. The van der Waals surface area contributed by atoms with E-state index < -0.39 is 10.9 Å². The SMILES string of the molecule is O=C(Cc1nc(-c2cccnc2)ccc1[N+](=O)[O-])Oc1ccccc1. The molecule has 0 radical (unpaired) electrons. The number of carbonyl (C=O) groups excluding carboxylic acids is 1. The Labute approximate surface area is 143 Å². The lowest BCUT2D eigenvalue weighted by Gasteiger charge is -2.06. The number of hydrogen-bond acceptors (Lipinski definition) is 6. The Balaban J connectivity index is 1.87. The van der Waals surface area contributed by atoms with Gasteiger partial charge in [0, 0.05) is 24.0 Å². The second kappa shape index (κ2) is 7.31. The standard InChI is InChI=1S/C18H13N3O4/c22-18(25-14-6-2-1-3-7-14)11-16-17(21(23)24)9-8-15(20-16)13-5-4-10-19-12-13/h1-10,12H,11H2. The third-order valence-corrected chi connectivity index (χ3v) is 3.39. The lowest BCUT2D eigenvalue weighted by Crippen LogP contribution is -2.14. The number of ether oxygens (including phenoxy) is 1. The van der Waals surface area contributed by atoms with Crippen LogP contribution in [-0.2, 0) is 11.2 Å². The first-order chi connectivity index (χ1) is 12.1. The Morgan fingerprint density at radius 1 is 1.08 bits per heavy atom. The maximum Gasteiger partial charge on any atom is 0.317 e. The third-order valence-electron chi connectivity index (χ3n) is 3.39. The summed E-state index contributed by atoms with van der Waals surface area (Å²) in [5.74, 6) is -0.247. The number of pyridine rings is 2. The van der Waals surface area contributed by atoms with Crippen molar-refractivity contribution in [1.82, 2.24) is 9.97 Å². The highest BCUT2D eigenvalue weighted by atomic mass is 16.6. The molecule has 3 rings (SSSR count). The molecule has 124 valence electrons. The molecule has 7 heteroatoms. The van der Waals surface area contributed by atoms with Crippen molar-refractivity contribution in [2.45, 2.75) is 6.42 Å². The molecule has 0 saturated heterocycles. The number of benzene rings is 1. The topological polar surface area (TPSA) is 95.2 Å². The minimum absolute atomic E-state index is 0.0484. The number of aromatic nitrogens is 2. The molecular weight excluding hydrogens is 322 g/mol. The summed E-state index contributed by atoms with van der Waals surface area (Å²) in [5, 5.41) is 11.2. The zero-order valence-electron chi connectivity index (χ0n) is 13.0. The summed E-state index contributed by atoms with van der Waals surface area (Å²) < 4.78 is 5.18. The van der Waals surface area contributed by atoms with Gasteiger partial charge in [-0.15, -0.1) is 0 Å². The minimum Gasteiger partial charge on any atom is -0.426 e. The van der Waals surface area contributed by atoms with Gasteiger partial charge in [-0.05, 0) is 30.3 Å². The molecule has 25 heavy (non-hydrogen) atoms. The Morgan fingerprint density at radius 3 is 2.56 bits per heavy atom. The predicted octanol–water partition coefficient (Wildman–Crippen LogP) is 3.20. The molecule has 7 nitrogen and oxygen atoms in total. The fraction of sp³-hybridized carbons (Fsp3) is 0.0556. The molecule has 0 spiro atoms. The number of para-hydroxylation sites is 1. The number of rotatable bonds is 5. The highest BCUT2D eigenvalue weighted by Gasteiger charge is 2.20. The van der Waals surface area contributed by atoms with Gasteiger partial charge in [-0.2, -0.15) is 0 Å². The molecule has 1 aromatic carbocycles. The van der Waals surface area contributed by atoms with Gasteiger partial charge in [0.05, 0.1) is 17.0 Å². The van der Waals surface area contributed by atoms with Crippen molar-refractivity contribution in [3.63, 3.8) is 0 Å². The van der Waals surface area contributed by atoms with Crippen LogP contribution in [0.1, 0.15) is 5.69 Å². The number of carbonyl (C=O) groups is 1. The monoisotopic (exact) mass is 335 g/mol. The molecular formula is C18H13N3O4. The van der Waals surface area contributed by atoms with Gasteiger partial charge >= 0.3 is 5.97 Å². The first kappa shape index (κ1) is 16.3. The summed E-state index contributed by atoms with van der Waals surface area (Å²) in [5.41, 5.74) is 1.03. The van der Waals surface area contributed by atoms with Gasteiger partial charge in [0.1, 0.15) is 11.4 Å². The van der Waals surface area contributed by atoms with E-state index in [2.05, 4.69) is 9.97 Å². The lowest BCUT2D eigenvalue weighted by molar-refractivity contribution is -0.385. The Kier molecular flexibility index (Phi) is 4.75. The van der Waals surface area contributed by atoms with E-state index >= 15 is 0 Å². The summed E-state index contributed by atoms with van der Waals surface area (Å²) in [6.07, 6.45) is 2.91. The third kappa shape index (κ3) is 4.03. The van der Waals surface area contributed by atoms with Gasteiger partial charge in [0.15, 0.2) is 0 Å². The Hall–Kier alpha value is -3.61. The number of hydrogen-bond donors (Lipinski definition) is 0. The van der Waals surface area contributed by atoms with Crippen LogP contribution in [0.5, 0.6) is 5.75 Å². The van der Waals surface area contributed by atoms with Gasteiger partial charge < -0.3 is 4.74 Å². The number of esters is 1.